The Morgan fingerprint density at radius 2 is 1.11 bits per heavy atom. The van der Waals surface area contributed by atoms with Gasteiger partial charge in [0.05, 0.1) is 13.2 Å². The lowest BCUT2D eigenvalue weighted by Crippen LogP contribution is -2.27. The molecule has 10 heteroatoms. The number of aliphatic hydroxyl groups is 1. The van der Waals surface area contributed by atoms with Gasteiger partial charge in [-0.1, -0.05) is 135 Å². The van der Waals surface area contributed by atoms with Gasteiger partial charge in [0.15, 0.2) is 0 Å². The lowest BCUT2D eigenvalue weighted by atomic mass is 10.1. The predicted octanol–water partition coefficient (Wildman–Crippen LogP) is 9.49. The summed E-state index contributed by atoms with van der Waals surface area (Å²) in [6.07, 6.45) is 31.7. The van der Waals surface area contributed by atoms with E-state index in [1.54, 1.807) is 0 Å². The average molecular weight is 676 g/mol. The number of unbranched alkanes of at least 4 members (excludes halogenated alkanes) is 20. The summed E-state index contributed by atoms with van der Waals surface area (Å²) in [5, 5.41) is 12.6. The van der Waals surface area contributed by atoms with Crippen molar-refractivity contribution >= 4 is 19.7 Å². The first kappa shape index (κ1) is 44.8. The number of nitrogens with one attached hydrogen (secondary N) is 1. The van der Waals surface area contributed by atoms with E-state index in [4.69, 9.17) is 13.8 Å². The van der Waals surface area contributed by atoms with Crippen LogP contribution in [0.1, 0.15) is 174 Å². The van der Waals surface area contributed by atoms with E-state index in [1.165, 1.54) is 109 Å². The van der Waals surface area contributed by atoms with Gasteiger partial charge in [0.2, 0.25) is 5.91 Å². The minimum Gasteiger partial charge on any atom is -0.463 e. The van der Waals surface area contributed by atoms with Gasteiger partial charge in [-0.15, -0.1) is 0 Å². The van der Waals surface area contributed by atoms with Gasteiger partial charge in [-0.05, 0) is 38.5 Å². The molecule has 2 atom stereocenters. The number of phosphoric acid groups is 1. The van der Waals surface area contributed by atoms with Crippen molar-refractivity contribution in [3.8, 4) is 0 Å². The smallest absolute Gasteiger partial charge is 0.463 e. The number of carbonyl (C=O) groups excluding carboxylic acids is 2. The standard InChI is InChI=1S/C36H70NO8P/c1-3-5-7-9-11-12-13-14-15-16-17-18-19-20-21-22-23-25-27-29-36(40)43-32-34(38)33-45-46(41,42)44-31-30-37-35(39)28-26-24-10-8-6-4-2/h14-15,34,38H,3-13,16-33H2,1-2H3,(H,37,39)(H,41,42)/b15-14+. The van der Waals surface area contributed by atoms with Crippen LogP contribution >= 0.6 is 7.82 Å². The lowest BCUT2D eigenvalue weighted by Gasteiger charge is -2.15. The molecule has 0 aliphatic rings. The first-order chi connectivity index (χ1) is 22.3. The molecule has 1 amide bonds. The highest BCUT2D eigenvalue weighted by Crippen LogP contribution is 2.42. The van der Waals surface area contributed by atoms with Crippen molar-refractivity contribution in [1.82, 2.24) is 5.32 Å². The fraction of sp³-hybridized carbons (Fsp3) is 0.889. The second-order valence-corrected chi connectivity index (χ2v) is 14.0. The summed E-state index contributed by atoms with van der Waals surface area (Å²) in [6.45, 7) is 3.48. The Balaban J connectivity index is 3.57. The Labute approximate surface area is 281 Å². The molecule has 0 aromatic rings. The third-order valence-corrected chi connectivity index (χ3v) is 8.93. The van der Waals surface area contributed by atoms with Crippen LogP contribution in [0.5, 0.6) is 0 Å². The molecule has 46 heavy (non-hydrogen) atoms. The van der Waals surface area contributed by atoms with E-state index < -0.39 is 26.5 Å². The molecule has 0 fully saturated rings. The van der Waals surface area contributed by atoms with Crippen molar-refractivity contribution < 1.29 is 37.9 Å². The molecule has 0 saturated heterocycles. The van der Waals surface area contributed by atoms with Gasteiger partial charge in [0.1, 0.15) is 12.7 Å². The summed E-state index contributed by atoms with van der Waals surface area (Å²) in [5.41, 5.74) is 0. The van der Waals surface area contributed by atoms with Gasteiger partial charge in [-0.3, -0.25) is 18.6 Å². The molecule has 3 N–H and O–H groups in total. The highest BCUT2D eigenvalue weighted by molar-refractivity contribution is 7.47. The third-order valence-electron chi connectivity index (χ3n) is 7.95. The maximum atomic E-state index is 12.0. The monoisotopic (exact) mass is 675 g/mol. The van der Waals surface area contributed by atoms with Crippen molar-refractivity contribution in [3.63, 3.8) is 0 Å². The molecule has 0 aliphatic heterocycles. The maximum absolute atomic E-state index is 12.0. The van der Waals surface area contributed by atoms with Crippen molar-refractivity contribution in [2.75, 3.05) is 26.4 Å². The van der Waals surface area contributed by atoms with E-state index in [1.807, 2.05) is 0 Å². The third kappa shape index (κ3) is 34.1. The van der Waals surface area contributed by atoms with Gasteiger partial charge in [-0.25, -0.2) is 4.57 Å². The summed E-state index contributed by atoms with van der Waals surface area (Å²) in [4.78, 5) is 33.5. The van der Waals surface area contributed by atoms with E-state index in [-0.39, 0.29) is 32.1 Å². The number of hydrogen-bond acceptors (Lipinski definition) is 7. The number of esters is 1. The molecule has 0 aliphatic carbocycles. The first-order valence-electron chi connectivity index (χ1n) is 18.7. The molecular formula is C36H70NO8P. The quantitative estimate of drug-likeness (QED) is 0.0262. The first-order valence-corrected chi connectivity index (χ1v) is 20.2. The number of hydrogen-bond donors (Lipinski definition) is 3. The molecule has 0 radical (unpaired) electrons. The number of phosphoric ester groups is 1. The SMILES string of the molecule is CCCCCCCC/C=C/CCCCCCCCCCCC(=O)OCC(O)COP(=O)(O)OCCNC(=O)CCCCCCCC. The minimum atomic E-state index is -4.40. The zero-order chi connectivity index (χ0) is 34.0. The highest BCUT2D eigenvalue weighted by Gasteiger charge is 2.23. The molecule has 0 heterocycles. The second kappa shape index (κ2) is 33.6. The summed E-state index contributed by atoms with van der Waals surface area (Å²) >= 11 is 0. The highest BCUT2D eigenvalue weighted by atomic mass is 31.2. The summed E-state index contributed by atoms with van der Waals surface area (Å²) < 4.78 is 26.6. The molecule has 0 aromatic heterocycles. The van der Waals surface area contributed by atoms with Crippen molar-refractivity contribution in [3.05, 3.63) is 12.2 Å². The van der Waals surface area contributed by atoms with E-state index >= 15 is 0 Å². The Hall–Kier alpha value is -1.25. The van der Waals surface area contributed by atoms with Crippen LogP contribution in [0.3, 0.4) is 0 Å². The Bertz CT molecular complexity index is 779. The molecule has 2 unspecified atom stereocenters. The van der Waals surface area contributed by atoms with Crippen LogP contribution in [-0.4, -0.2) is 54.3 Å². The Morgan fingerprint density at radius 1 is 0.652 bits per heavy atom. The Kier molecular flexibility index (Phi) is 32.7. The topological polar surface area (TPSA) is 131 Å². The molecule has 0 spiro atoms. The predicted molar refractivity (Wildman–Crippen MR) is 188 cm³/mol. The van der Waals surface area contributed by atoms with Gasteiger partial charge >= 0.3 is 13.8 Å². The number of aliphatic hydroxyl groups excluding tert-OH is 1. The van der Waals surface area contributed by atoms with Gasteiger partial charge in [-0.2, -0.15) is 0 Å². The van der Waals surface area contributed by atoms with Crippen LogP contribution in [-0.2, 0) is 27.9 Å². The number of ether oxygens (including phenoxy) is 1. The number of carbonyl (C=O) groups is 2. The van der Waals surface area contributed by atoms with E-state index in [2.05, 4.69) is 31.3 Å². The molecular weight excluding hydrogens is 605 g/mol. The normalized spacial score (nSPS) is 13.6. The Morgan fingerprint density at radius 3 is 1.63 bits per heavy atom. The fourth-order valence-electron chi connectivity index (χ4n) is 5.08. The van der Waals surface area contributed by atoms with Crippen molar-refractivity contribution in [2.45, 2.75) is 180 Å². The molecule has 0 bridgehead atoms. The van der Waals surface area contributed by atoms with Crippen molar-refractivity contribution in [2.24, 2.45) is 0 Å². The van der Waals surface area contributed by atoms with Gasteiger partial charge in [0, 0.05) is 19.4 Å². The number of rotatable bonds is 35. The van der Waals surface area contributed by atoms with Crippen LogP contribution in [0.15, 0.2) is 12.2 Å². The molecule has 272 valence electrons. The maximum Gasteiger partial charge on any atom is 0.472 e. The number of allylic oxidation sites excluding steroid dienone is 2. The summed E-state index contributed by atoms with van der Waals surface area (Å²) in [7, 11) is -4.40. The molecule has 0 rings (SSSR count). The van der Waals surface area contributed by atoms with Crippen LogP contribution < -0.4 is 5.32 Å². The summed E-state index contributed by atoms with van der Waals surface area (Å²) in [5.74, 6) is -0.524. The lowest BCUT2D eigenvalue weighted by molar-refractivity contribution is -0.147. The molecule has 0 aromatic carbocycles. The van der Waals surface area contributed by atoms with Crippen LogP contribution in [0.2, 0.25) is 0 Å². The zero-order valence-electron chi connectivity index (χ0n) is 29.5. The van der Waals surface area contributed by atoms with Crippen LogP contribution in [0, 0.1) is 0 Å². The largest absolute Gasteiger partial charge is 0.472 e. The van der Waals surface area contributed by atoms with Gasteiger partial charge < -0.3 is 20.1 Å². The fourth-order valence-corrected chi connectivity index (χ4v) is 5.84. The second-order valence-electron chi connectivity index (χ2n) is 12.6. The number of amides is 1. The minimum absolute atomic E-state index is 0.0836. The zero-order valence-corrected chi connectivity index (χ0v) is 30.4. The summed E-state index contributed by atoms with van der Waals surface area (Å²) in [6, 6.07) is 0. The van der Waals surface area contributed by atoms with Crippen LogP contribution in [0.25, 0.3) is 0 Å². The van der Waals surface area contributed by atoms with E-state index in [9.17, 15) is 24.2 Å². The van der Waals surface area contributed by atoms with Crippen LogP contribution in [0.4, 0.5) is 0 Å². The van der Waals surface area contributed by atoms with E-state index in [0.717, 1.165) is 38.5 Å². The van der Waals surface area contributed by atoms with Gasteiger partial charge in [0.25, 0.3) is 0 Å². The van der Waals surface area contributed by atoms with Crippen molar-refractivity contribution in [1.29, 1.82) is 0 Å². The molecule has 9 nitrogen and oxygen atoms in total. The van der Waals surface area contributed by atoms with E-state index in [0.29, 0.717) is 6.42 Å². The molecule has 0 saturated carbocycles. The average Bonchev–Trinajstić information content (AvgIpc) is 3.04.